The Hall–Kier alpha value is -1.03. The number of ether oxygens (including phenoxy) is 1. The number of unbranched alkanes of at least 4 members (excludes halogenated alkanes) is 1. The van der Waals surface area contributed by atoms with Gasteiger partial charge >= 0.3 is 0 Å². The van der Waals surface area contributed by atoms with Crippen molar-refractivity contribution in [2.24, 2.45) is 0 Å². The highest BCUT2D eigenvalue weighted by atomic mass is 16.5. The number of piperidine rings is 1. The van der Waals surface area contributed by atoms with Crippen molar-refractivity contribution in [1.82, 2.24) is 14.7 Å². The molecule has 0 spiro atoms. The molecule has 1 aromatic heterocycles. The van der Waals surface area contributed by atoms with Gasteiger partial charge in [-0.2, -0.15) is 0 Å². The quantitative estimate of drug-likeness (QED) is 0.712. The molecule has 2 heterocycles. The highest BCUT2D eigenvalue weighted by molar-refractivity contribution is 5.06. The van der Waals surface area contributed by atoms with Crippen molar-refractivity contribution in [1.29, 1.82) is 0 Å². The van der Waals surface area contributed by atoms with Crippen LogP contribution in [-0.2, 0) is 0 Å². The third kappa shape index (κ3) is 4.73. The SMILES string of the molecule is c1cn(C2CCCCC2)nc1OCCCCN1CCCCC1. The molecule has 1 aromatic rings. The van der Waals surface area contributed by atoms with E-state index in [0.29, 0.717) is 6.04 Å². The van der Waals surface area contributed by atoms with Gasteiger partial charge < -0.3 is 9.64 Å². The number of hydrogen-bond acceptors (Lipinski definition) is 3. The van der Waals surface area contributed by atoms with Gasteiger partial charge in [0.2, 0.25) is 5.88 Å². The number of rotatable bonds is 7. The van der Waals surface area contributed by atoms with Crippen LogP contribution in [0, 0.1) is 0 Å². The predicted octanol–water partition coefficient (Wildman–Crippen LogP) is 4.03. The van der Waals surface area contributed by atoms with Gasteiger partial charge in [-0.25, -0.2) is 0 Å². The molecule has 4 heteroatoms. The van der Waals surface area contributed by atoms with Gasteiger partial charge in [0.25, 0.3) is 0 Å². The first-order valence-electron chi connectivity index (χ1n) is 9.32. The first-order valence-corrected chi connectivity index (χ1v) is 9.32. The summed E-state index contributed by atoms with van der Waals surface area (Å²) in [6.07, 6.45) is 15.3. The zero-order chi connectivity index (χ0) is 15.0. The van der Waals surface area contributed by atoms with Crippen LogP contribution in [0.15, 0.2) is 12.3 Å². The van der Waals surface area contributed by atoms with Crippen molar-refractivity contribution < 1.29 is 4.74 Å². The summed E-state index contributed by atoms with van der Waals surface area (Å²) in [5.74, 6) is 0.809. The molecule has 1 aliphatic carbocycles. The highest BCUT2D eigenvalue weighted by Gasteiger charge is 2.16. The van der Waals surface area contributed by atoms with Crippen LogP contribution in [-0.4, -0.2) is 40.9 Å². The van der Waals surface area contributed by atoms with Crippen LogP contribution in [0.1, 0.15) is 70.3 Å². The average Bonchev–Trinajstić information content (AvgIpc) is 3.05. The van der Waals surface area contributed by atoms with E-state index in [1.807, 2.05) is 6.07 Å². The summed E-state index contributed by atoms with van der Waals surface area (Å²) in [5.41, 5.74) is 0. The molecule has 4 nitrogen and oxygen atoms in total. The Morgan fingerprint density at radius 1 is 1.00 bits per heavy atom. The molecule has 0 unspecified atom stereocenters. The largest absolute Gasteiger partial charge is 0.477 e. The lowest BCUT2D eigenvalue weighted by Gasteiger charge is -2.26. The fraction of sp³-hybridized carbons (Fsp3) is 0.833. The minimum absolute atomic E-state index is 0.602. The standard InChI is InChI=1S/C18H31N3O/c1-3-9-17(10-4-1)21-15-11-18(19-21)22-16-8-7-14-20-12-5-2-6-13-20/h11,15,17H,1-10,12-14,16H2. The van der Waals surface area contributed by atoms with Gasteiger partial charge in [0.1, 0.15) is 0 Å². The van der Waals surface area contributed by atoms with E-state index in [1.54, 1.807) is 0 Å². The summed E-state index contributed by atoms with van der Waals surface area (Å²) in [5, 5.41) is 4.61. The first-order chi connectivity index (χ1) is 10.9. The Balaban J connectivity index is 1.31. The normalized spacial score (nSPS) is 21.1. The summed E-state index contributed by atoms with van der Waals surface area (Å²) in [7, 11) is 0. The third-order valence-corrected chi connectivity index (χ3v) is 5.10. The Bertz CT molecular complexity index is 420. The van der Waals surface area contributed by atoms with E-state index < -0.39 is 0 Å². The van der Waals surface area contributed by atoms with Crippen molar-refractivity contribution in [2.75, 3.05) is 26.2 Å². The van der Waals surface area contributed by atoms with Gasteiger partial charge in [-0.05, 0) is 58.2 Å². The molecule has 1 saturated heterocycles. The van der Waals surface area contributed by atoms with Gasteiger partial charge in [0.15, 0.2) is 0 Å². The number of nitrogens with zero attached hydrogens (tertiary/aromatic N) is 3. The maximum absolute atomic E-state index is 5.82. The lowest BCUT2D eigenvalue weighted by atomic mass is 9.96. The first kappa shape index (κ1) is 15.9. The molecule has 0 aromatic carbocycles. The van der Waals surface area contributed by atoms with Crippen LogP contribution in [0.5, 0.6) is 5.88 Å². The molecule has 0 bridgehead atoms. The number of likely N-dealkylation sites (tertiary alicyclic amines) is 1. The average molecular weight is 305 g/mol. The highest BCUT2D eigenvalue weighted by Crippen LogP contribution is 2.28. The van der Waals surface area contributed by atoms with E-state index in [0.717, 1.165) is 18.9 Å². The lowest BCUT2D eigenvalue weighted by Crippen LogP contribution is -2.30. The topological polar surface area (TPSA) is 30.3 Å². The maximum atomic E-state index is 5.82. The number of aromatic nitrogens is 2. The van der Waals surface area contributed by atoms with E-state index in [4.69, 9.17) is 4.74 Å². The van der Waals surface area contributed by atoms with Crippen molar-refractivity contribution in [3.8, 4) is 5.88 Å². The zero-order valence-electron chi connectivity index (χ0n) is 13.9. The molecule has 2 aliphatic rings. The lowest BCUT2D eigenvalue weighted by molar-refractivity contribution is 0.214. The molecular formula is C18H31N3O. The van der Waals surface area contributed by atoms with Crippen molar-refractivity contribution in [2.45, 2.75) is 70.3 Å². The molecule has 1 aliphatic heterocycles. The smallest absolute Gasteiger partial charge is 0.232 e. The van der Waals surface area contributed by atoms with Gasteiger partial charge in [0, 0.05) is 12.3 Å². The van der Waals surface area contributed by atoms with E-state index in [-0.39, 0.29) is 0 Å². The fourth-order valence-corrected chi connectivity index (χ4v) is 3.74. The van der Waals surface area contributed by atoms with Gasteiger partial charge in [0.05, 0.1) is 12.6 Å². The Morgan fingerprint density at radius 2 is 1.77 bits per heavy atom. The predicted molar refractivity (Wildman–Crippen MR) is 89.4 cm³/mol. The molecule has 0 atom stereocenters. The van der Waals surface area contributed by atoms with Gasteiger partial charge in [-0.15, -0.1) is 5.10 Å². The van der Waals surface area contributed by atoms with Crippen LogP contribution in [0.4, 0.5) is 0 Å². The summed E-state index contributed by atoms with van der Waals surface area (Å²) < 4.78 is 7.94. The van der Waals surface area contributed by atoms with Gasteiger partial charge in [-0.3, -0.25) is 4.68 Å². The molecule has 0 radical (unpaired) electrons. The van der Waals surface area contributed by atoms with Crippen molar-refractivity contribution in [3.63, 3.8) is 0 Å². The summed E-state index contributed by atoms with van der Waals surface area (Å²) in [4.78, 5) is 2.60. The minimum Gasteiger partial charge on any atom is -0.477 e. The van der Waals surface area contributed by atoms with Crippen LogP contribution < -0.4 is 4.74 Å². The summed E-state index contributed by atoms with van der Waals surface area (Å²) in [6.45, 7) is 4.63. The molecule has 0 N–H and O–H groups in total. The zero-order valence-corrected chi connectivity index (χ0v) is 13.9. The van der Waals surface area contributed by atoms with Crippen molar-refractivity contribution >= 4 is 0 Å². The van der Waals surface area contributed by atoms with Crippen LogP contribution in [0.25, 0.3) is 0 Å². The van der Waals surface area contributed by atoms with Crippen molar-refractivity contribution in [3.05, 3.63) is 12.3 Å². The molecule has 124 valence electrons. The summed E-state index contributed by atoms with van der Waals surface area (Å²) in [6, 6.07) is 2.63. The third-order valence-electron chi connectivity index (χ3n) is 5.10. The van der Waals surface area contributed by atoms with E-state index in [9.17, 15) is 0 Å². The Kier molecular flexibility index (Phi) is 6.17. The van der Waals surface area contributed by atoms with E-state index in [2.05, 4.69) is 20.9 Å². The maximum Gasteiger partial charge on any atom is 0.232 e. The Morgan fingerprint density at radius 3 is 2.59 bits per heavy atom. The monoisotopic (exact) mass is 305 g/mol. The second-order valence-electron chi connectivity index (χ2n) is 6.88. The summed E-state index contributed by atoms with van der Waals surface area (Å²) >= 11 is 0. The minimum atomic E-state index is 0.602. The molecule has 1 saturated carbocycles. The van der Waals surface area contributed by atoms with E-state index >= 15 is 0 Å². The van der Waals surface area contributed by atoms with Crippen LogP contribution in [0.2, 0.25) is 0 Å². The van der Waals surface area contributed by atoms with E-state index in [1.165, 1.54) is 77.4 Å². The Labute approximate surface area is 134 Å². The van der Waals surface area contributed by atoms with Gasteiger partial charge in [-0.1, -0.05) is 25.7 Å². The fourth-order valence-electron chi connectivity index (χ4n) is 3.74. The molecule has 2 fully saturated rings. The molecule has 3 rings (SSSR count). The second-order valence-corrected chi connectivity index (χ2v) is 6.88. The second kappa shape index (κ2) is 8.56. The number of hydrogen-bond donors (Lipinski definition) is 0. The molecule has 0 amide bonds. The van der Waals surface area contributed by atoms with Crippen LogP contribution in [0.3, 0.4) is 0 Å². The molecular weight excluding hydrogens is 274 g/mol. The molecule has 22 heavy (non-hydrogen) atoms. The van der Waals surface area contributed by atoms with Crippen LogP contribution >= 0.6 is 0 Å².